The van der Waals surface area contributed by atoms with Gasteiger partial charge in [0.1, 0.15) is 9.22 Å². The van der Waals surface area contributed by atoms with Crippen molar-refractivity contribution in [2.75, 3.05) is 7.05 Å². The monoisotopic (exact) mass is 331 g/mol. The molecule has 2 aromatic rings. The minimum Gasteiger partial charge on any atom is -0.315 e. The number of thiophene rings is 1. The Balaban J connectivity index is 2.13. The van der Waals surface area contributed by atoms with Crippen molar-refractivity contribution < 1.29 is 8.42 Å². The first-order chi connectivity index (χ1) is 9.42. The van der Waals surface area contributed by atoms with Gasteiger partial charge in [0.2, 0.25) is 0 Å². The van der Waals surface area contributed by atoms with Crippen LogP contribution in [-0.4, -0.2) is 20.4 Å². The Kier molecular flexibility index (Phi) is 4.92. The lowest BCUT2D eigenvalue weighted by Gasteiger charge is -2.10. The van der Waals surface area contributed by atoms with Crippen LogP contribution < -0.4 is 10.0 Å². The Morgan fingerprint density at radius 2 is 2.10 bits per heavy atom. The quantitative estimate of drug-likeness (QED) is 0.852. The third-order valence-electron chi connectivity index (χ3n) is 2.59. The summed E-state index contributed by atoms with van der Waals surface area (Å²) in [5.41, 5.74) is 0. The van der Waals surface area contributed by atoms with Gasteiger partial charge in [-0.2, -0.15) is 0 Å². The second kappa shape index (κ2) is 6.31. The number of aromatic nitrogens is 1. The summed E-state index contributed by atoms with van der Waals surface area (Å²) in [5, 5.41) is 3.78. The van der Waals surface area contributed by atoms with E-state index in [4.69, 9.17) is 0 Å². The van der Waals surface area contributed by atoms with E-state index in [2.05, 4.69) is 15.0 Å². The summed E-state index contributed by atoms with van der Waals surface area (Å²) in [6.45, 7) is 4.42. The van der Waals surface area contributed by atoms with Crippen LogP contribution in [0.3, 0.4) is 0 Å². The number of hydrogen-bond donors (Lipinski definition) is 2. The lowest BCUT2D eigenvalue weighted by molar-refractivity contribution is 0.568. The lowest BCUT2D eigenvalue weighted by atomic mass is 10.4. The smallest absolute Gasteiger partial charge is 0.250 e. The Morgan fingerprint density at radius 1 is 1.35 bits per heavy atom. The average Bonchev–Trinajstić information content (AvgIpc) is 2.98. The predicted molar refractivity (Wildman–Crippen MR) is 82.7 cm³/mol. The Hall–Kier alpha value is -0.800. The summed E-state index contributed by atoms with van der Waals surface area (Å²) in [7, 11) is -1.66. The number of hydrogen-bond acceptors (Lipinski definition) is 6. The Labute approximate surface area is 127 Å². The van der Waals surface area contributed by atoms with Crippen LogP contribution in [0.1, 0.15) is 27.7 Å². The summed E-state index contributed by atoms with van der Waals surface area (Å²) in [6.07, 6.45) is 1.75. The zero-order valence-electron chi connectivity index (χ0n) is 11.5. The highest BCUT2D eigenvalue weighted by molar-refractivity contribution is 7.91. The van der Waals surface area contributed by atoms with Gasteiger partial charge in [-0.25, -0.2) is 18.1 Å². The molecule has 8 heteroatoms. The van der Waals surface area contributed by atoms with Crippen molar-refractivity contribution in [2.24, 2.45) is 0 Å². The standard InChI is InChI=1S/C12H17N3O2S3/c1-8-6-14-12(18-8)9(2)15-20(16,17)11-5-4-10(19-11)7-13-3/h4-6,9,13,15H,7H2,1-3H3. The molecule has 0 spiro atoms. The third kappa shape index (κ3) is 3.64. The summed E-state index contributed by atoms with van der Waals surface area (Å²) >= 11 is 2.78. The molecule has 0 aliphatic rings. The molecule has 0 aromatic carbocycles. The van der Waals surface area contributed by atoms with E-state index in [1.54, 1.807) is 19.2 Å². The number of sulfonamides is 1. The van der Waals surface area contributed by atoms with Crippen LogP contribution in [0.2, 0.25) is 0 Å². The van der Waals surface area contributed by atoms with E-state index in [9.17, 15) is 8.42 Å². The molecule has 0 radical (unpaired) electrons. The maximum absolute atomic E-state index is 12.3. The zero-order chi connectivity index (χ0) is 14.8. The molecule has 1 atom stereocenters. The van der Waals surface area contributed by atoms with Gasteiger partial charge in [0.15, 0.2) is 0 Å². The summed E-state index contributed by atoms with van der Waals surface area (Å²) in [5.74, 6) is 0. The number of rotatable bonds is 6. The molecule has 0 amide bonds. The number of nitrogens with zero attached hydrogens (tertiary/aromatic N) is 1. The molecular weight excluding hydrogens is 314 g/mol. The van der Waals surface area contributed by atoms with Crippen molar-refractivity contribution in [1.29, 1.82) is 0 Å². The van der Waals surface area contributed by atoms with E-state index < -0.39 is 10.0 Å². The fraction of sp³-hybridized carbons (Fsp3) is 0.417. The third-order valence-corrected chi connectivity index (χ3v) is 6.81. The molecular formula is C12H17N3O2S3. The number of aryl methyl sites for hydroxylation is 1. The van der Waals surface area contributed by atoms with Gasteiger partial charge in [0.05, 0.1) is 6.04 Å². The van der Waals surface area contributed by atoms with Crippen LogP contribution in [0.5, 0.6) is 0 Å². The average molecular weight is 331 g/mol. The fourth-order valence-corrected chi connectivity index (χ4v) is 5.13. The van der Waals surface area contributed by atoms with Crippen LogP contribution in [0.15, 0.2) is 22.5 Å². The molecule has 2 rings (SSSR count). The molecule has 0 bridgehead atoms. The van der Waals surface area contributed by atoms with Crippen molar-refractivity contribution in [3.63, 3.8) is 0 Å². The molecule has 2 heterocycles. The minimum atomic E-state index is -3.49. The van der Waals surface area contributed by atoms with E-state index in [-0.39, 0.29) is 6.04 Å². The first-order valence-electron chi connectivity index (χ1n) is 6.10. The highest BCUT2D eigenvalue weighted by Crippen LogP contribution is 2.25. The predicted octanol–water partition coefficient (Wildman–Crippen LogP) is 2.27. The molecule has 110 valence electrons. The minimum absolute atomic E-state index is 0.325. The Morgan fingerprint density at radius 3 is 2.70 bits per heavy atom. The van der Waals surface area contributed by atoms with Crippen LogP contribution >= 0.6 is 22.7 Å². The van der Waals surface area contributed by atoms with E-state index in [1.165, 1.54) is 22.7 Å². The van der Waals surface area contributed by atoms with Crippen molar-refractivity contribution >= 4 is 32.7 Å². The molecule has 0 fully saturated rings. The Bertz CT molecular complexity index is 676. The van der Waals surface area contributed by atoms with Gasteiger partial charge >= 0.3 is 0 Å². The molecule has 0 aliphatic heterocycles. The van der Waals surface area contributed by atoms with Crippen LogP contribution in [0.25, 0.3) is 0 Å². The lowest BCUT2D eigenvalue weighted by Crippen LogP contribution is -2.26. The first-order valence-corrected chi connectivity index (χ1v) is 9.22. The van der Waals surface area contributed by atoms with Crippen molar-refractivity contribution in [2.45, 2.75) is 30.6 Å². The van der Waals surface area contributed by atoms with Crippen molar-refractivity contribution in [1.82, 2.24) is 15.0 Å². The van der Waals surface area contributed by atoms with E-state index in [0.717, 1.165) is 14.8 Å². The van der Waals surface area contributed by atoms with E-state index >= 15 is 0 Å². The SMILES string of the molecule is CNCc1ccc(S(=O)(=O)NC(C)c2ncc(C)s2)s1. The topological polar surface area (TPSA) is 71.1 Å². The largest absolute Gasteiger partial charge is 0.315 e. The van der Waals surface area contributed by atoms with Gasteiger partial charge in [-0.05, 0) is 33.0 Å². The highest BCUT2D eigenvalue weighted by Gasteiger charge is 2.21. The van der Waals surface area contributed by atoms with Crippen LogP contribution in [-0.2, 0) is 16.6 Å². The van der Waals surface area contributed by atoms with E-state index in [1.807, 2.05) is 20.0 Å². The highest BCUT2D eigenvalue weighted by atomic mass is 32.2. The van der Waals surface area contributed by atoms with Gasteiger partial charge in [-0.15, -0.1) is 22.7 Å². The van der Waals surface area contributed by atoms with E-state index in [0.29, 0.717) is 10.8 Å². The molecule has 2 N–H and O–H groups in total. The van der Waals surface area contributed by atoms with Gasteiger partial charge in [-0.1, -0.05) is 0 Å². The maximum Gasteiger partial charge on any atom is 0.250 e. The van der Waals surface area contributed by atoms with Crippen LogP contribution in [0, 0.1) is 6.92 Å². The number of thiazole rings is 1. The summed E-state index contributed by atoms with van der Waals surface area (Å²) < 4.78 is 27.6. The van der Waals surface area contributed by atoms with Gasteiger partial charge < -0.3 is 5.32 Å². The zero-order valence-corrected chi connectivity index (χ0v) is 14.0. The van der Waals surface area contributed by atoms with Gasteiger partial charge in [0.25, 0.3) is 10.0 Å². The van der Waals surface area contributed by atoms with Crippen LogP contribution in [0.4, 0.5) is 0 Å². The van der Waals surface area contributed by atoms with Gasteiger partial charge in [-0.3, -0.25) is 0 Å². The molecule has 0 aliphatic carbocycles. The molecule has 0 saturated heterocycles. The first kappa shape index (κ1) is 15.6. The second-order valence-corrected chi connectivity index (χ2v) is 8.78. The fourth-order valence-electron chi connectivity index (χ4n) is 1.69. The summed E-state index contributed by atoms with van der Waals surface area (Å²) in [4.78, 5) is 6.27. The summed E-state index contributed by atoms with van der Waals surface area (Å²) in [6, 6.07) is 3.14. The molecule has 20 heavy (non-hydrogen) atoms. The van der Waals surface area contributed by atoms with Crippen molar-refractivity contribution in [3.05, 3.63) is 33.1 Å². The molecule has 0 saturated carbocycles. The molecule has 1 unspecified atom stereocenters. The second-order valence-electron chi connectivity index (χ2n) is 4.40. The normalized spacial score (nSPS) is 13.6. The molecule has 5 nitrogen and oxygen atoms in total. The molecule has 2 aromatic heterocycles. The number of nitrogens with one attached hydrogen (secondary N) is 2. The van der Waals surface area contributed by atoms with Crippen molar-refractivity contribution in [3.8, 4) is 0 Å². The van der Waals surface area contributed by atoms with Gasteiger partial charge in [0, 0.05) is 22.5 Å². The maximum atomic E-state index is 12.3.